The number of methoxy groups -OCH3 is 5. The lowest BCUT2D eigenvalue weighted by molar-refractivity contribution is 0.0566. The van der Waals surface area contributed by atoms with E-state index in [2.05, 4.69) is 196 Å². The number of hydrogen-bond acceptors (Lipinski definition) is 24. The van der Waals surface area contributed by atoms with E-state index in [1.165, 1.54) is 314 Å². The molecule has 0 radical (unpaired) electrons. The predicted octanol–water partition coefficient (Wildman–Crippen LogP) is 17.9. The van der Waals surface area contributed by atoms with Crippen molar-refractivity contribution in [1.29, 1.82) is 0 Å². The Kier molecular flexibility index (Phi) is 57.9. The number of likely N-dealkylation sites (tertiary alicyclic amines) is 9. The third kappa shape index (κ3) is 45.3. The van der Waals surface area contributed by atoms with Crippen LogP contribution in [0.4, 0.5) is 22.7 Å². The Bertz CT molecular complexity index is 3940. The van der Waals surface area contributed by atoms with Gasteiger partial charge in [-0.25, -0.2) is 4.98 Å². The minimum atomic E-state index is 0.0754. The van der Waals surface area contributed by atoms with E-state index in [0.29, 0.717) is 30.3 Å². The van der Waals surface area contributed by atoms with Gasteiger partial charge in [-0.2, -0.15) is 0 Å². The third-order valence-corrected chi connectivity index (χ3v) is 30.4. The Morgan fingerprint density at radius 3 is 1.00 bits per heavy atom. The second-order valence-electron chi connectivity index (χ2n) is 43.0. The lowest BCUT2D eigenvalue weighted by Crippen LogP contribution is -2.48. The quantitative estimate of drug-likeness (QED) is 0.0452. The first-order chi connectivity index (χ1) is 67.5. The number of aromatic nitrogens is 2. The molecule has 0 aliphatic carbocycles. The van der Waals surface area contributed by atoms with Crippen LogP contribution in [0.25, 0.3) is 11.4 Å². The average molecular weight is 1950 g/mol. The number of benzene rings is 5. The van der Waals surface area contributed by atoms with Crippen molar-refractivity contribution in [3.05, 3.63) is 133 Å². The summed E-state index contributed by atoms with van der Waals surface area (Å²) in [7, 11) is 30.1. The number of nitrogens with one attached hydrogen (secondary N) is 2. The molecule has 6 aromatic rings. The van der Waals surface area contributed by atoms with Crippen LogP contribution in [0.15, 0.2) is 122 Å². The molecule has 25 heteroatoms. The van der Waals surface area contributed by atoms with Gasteiger partial charge in [0.05, 0.1) is 48.8 Å². The first kappa shape index (κ1) is 120. The number of nitrogens with two attached hydrogens (primary N) is 1. The van der Waals surface area contributed by atoms with Crippen LogP contribution in [0, 0.1) is 11.3 Å². The van der Waals surface area contributed by atoms with Gasteiger partial charge in [0, 0.05) is 137 Å². The van der Waals surface area contributed by atoms with E-state index >= 15 is 0 Å². The van der Waals surface area contributed by atoms with E-state index in [1.54, 1.807) is 47.9 Å². The van der Waals surface area contributed by atoms with Gasteiger partial charge in [-0.3, -0.25) is 0 Å². The summed E-state index contributed by atoms with van der Waals surface area (Å²) in [4.78, 5) is 41.5. The lowest BCUT2D eigenvalue weighted by Gasteiger charge is -2.44. The first-order valence-electron chi connectivity index (χ1n) is 54.3. The van der Waals surface area contributed by atoms with Crippen molar-refractivity contribution in [3.8, 4) is 40.1 Å². The topological polar surface area (TPSA) is 199 Å². The zero-order valence-corrected chi connectivity index (χ0v) is 92.4. The van der Waals surface area contributed by atoms with E-state index < -0.39 is 0 Å². The molecule has 11 fully saturated rings. The maximum absolute atomic E-state index is 8.88. The third-order valence-electron chi connectivity index (χ3n) is 30.4. The number of piperidine rings is 9. The van der Waals surface area contributed by atoms with Crippen LogP contribution in [-0.2, 0) is 0 Å². The van der Waals surface area contributed by atoms with Gasteiger partial charge in [0.25, 0.3) is 0 Å². The van der Waals surface area contributed by atoms with Crippen molar-refractivity contribution < 1.29 is 33.9 Å². The van der Waals surface area contributed by atoms with Crippen LogP contribution in [0.1, 0.15) is 219 Å². The van der Waals surface area contributed by atoms with E-state index in [0.717, 1.165) is 101 Å². The lowest BCUT2D eigenvalue weighted by atomic mass is 9.75. The van der Waals surface area contributed by atoms with Crippen molar-refractivity contribution in [2.75, 3.05) is 310 Å². The van der Waals surface area contributed by atoms with Crippen molar-refractivity contribution in [2.45, 2.75) is 238 Å². The summed E-state index contributed by atoms with van der Waals surface area (Å²) in [6.45, 7) is 48.0. The SMILES string of the molecule is CN1CCC(N(C)C)CC1.CN1CCC(N2CCC(C(C)(C)C)CC2)CC1.CN1CCC(N2CCCC2)CC1.CN1CCC(N2CCCCC2)CC1.CN1CCC(N2CCCCC2)CC1.CN1CCNCC1.COc1cc(C(C)C)c(N)c(C(C)C)c1.COc1ccc(-c2ncc[nH]2)cc1.COc1ccc(N(C)C)cc1.COc1ccc(N(CCO)CCO)cc1.COc1ccc(N2CCCCC2)cc1. The van der Waals surface area contributed by atoms with Crippen LogP contribution in [-0.4, -0.2) is 394 Å². The molecule has 140 heavy (non-hydrogen) atoms. The van der Waals surface area contributed by atoms with Gasteiger partial charge in [0.1, 0.15) is 34.6 Å². The summed E-state index contributed by atoms with van der Waals surface area (Å²) < 4.78 is 25.6. The van der Waals surface area contributed by atoms with Gasteiger partial charge < -0.3 is 119 Å². The molecule has 5 aromatic carbocycles. The van der Waals surface area contributed by atoms with Crippen LogP contribution < -0.4 is 49.4 Å². The number of nitrogens with zero attached hydrogens (tertiary/aromatic N) is 15. The number of aromatic amines is 1. The summed E-state index contributed by atoms with van der Waals surface area (Å²) in [5.41, 5.74) is 14.5. The number of H-pyrrole nitrogens is 1. The van der Waals surface area contributed by atoms with Crippen molar-refractivity contribution in [3.63, 3.8) is 0 Å². The first-order valence-corrected chi connectivity index (χ1v) is 54.3. The molecule has 0 saturated carbocycles. The summed E-state index contributed by atoms with van der Waals surface area (Å²) in [6, 6.07) is 40.1. The smallest absolute Gasteiger partial charge is 0.137 e. The van der Waals surface area contributed by atoms with Crippen molar-refractivity contribution >= 4 is 22.7 Å². The Morgan fingerprint density at radius 1 is 0.386 bits per heavy atom. The molecule has 0 spiro atoms. The molecule has 0 bridgehead atoms. The molecule has 794 valence electrons. The number of piperazine rings is 1. The number of ether oxygens (including phenoxy) is 5. The maximum Gasteiger partial charge on any atom is 0.137 e. The van der Waals surface area contributed by atoms with Gasteiger partial charge >= 0.3 is 0 Å². The molecular formula is C115H202N18O7. The highest BCUT2D eigenvalue weighted by atomic mass is 16.5. The van der Waals surface area contributed by atoms with Gasteiger partial charge in [-0.15, -0.1) is 0 Å². The highest BCUT2D eigenvalue weighted by molar-refractivity contribution is 5.60. The zero-order chi connectivity index (χ0) is 102. The number of aliphatic hydroxyl groups is 2. The van der Waals surface area contributed by atoms with Crippen molar-refractivity contribution in [2.24, 2.45) is 11.3 Å². The van der Waals surface area contributed by atoms with Crippen LogP contribution in [0.5, 0.6) is 28.7 Å². The molecule has 0 atom stereocenters. The molecule has 0 amide bonds. The van der Waals surface area contributed by atoms with Gasteiger partial charge in [0.2, 0.25) is 0 Å². The molecule has 6 N–H and O–H groups in total. The molecule has 17 rings (SSSR count). The molecule has 12 heterocycles. The normalized spacial score (nSPS) is 19.9. The highest BCUT2D eigenvalue weighted by Gasteiger charge is 2.34. The molecule has 25 nitrogen and oxygen atoms in total. The minimum absolute atomic E-state index is 0.0754. The number of hydrogen-bond donors (Lipinski definition) is 5. The number of rotatable bonds is 20. The van der Waals surface area contributed by atoms with Crippen LogP contribution in [0.3, 0.4) is 0 Å². The summed E-state index contributed by atoms with van der Waals surface area (Å²) in [5, 5.41) is 21.0. The van der Waals surface area contributed by atoms with Gasteiger partial charge in [-0.1, -0.05) is 61.3 Å². The highest BCUT2D eigenvalue weighted by Crippen LogP contribution is 2.38. The second kappa shape index (κ2) is 67.6. The van der Waals surface area contributed by atoms with Gasteiger partial charge in [-0.05, 0) is 453 Å². The molecule has 11 saturated heterocycles. The van der Waals surface area contributed by atoms with Crippen molar-refractivity contribution in [1.82, 2.24) is 69.2 Å². The largest absolute Gasteiger partial charge is 0.497 e. The Hall–Kier alpha value is -7.05. The Balaban J connectivity index is 0.000000210. The zero-order valence-electron chi connectivity index (χ0n) is 92.4. The fraction of sp³-hybridized carbons (Fsp3) is 0.713. The fourth-order valence-corrected chi connectivity index (χ4v) is 20.7. The van der Waals surface area contributed by atoms with E-state index in [4.69, 9.17) is 39.6 Å². The minimum Gasteiger partial charge on any atom is -0.497 e. The van der Waals surface area contributed by atoms with E-state index in [-0.39, 0.29) is 13.2 Å². The van der Waals surface area contributed by atoms with E-state index in [1.807, 2.05) is 116 Å². The predicted molar refractivity (Wildman–Crippen MR) is 594 cm³/mol. The number of aliphatic hydroxyl groups excluding tert-OH is 2. The average Bonchev–Trinajstić information content (AvgIpc) is 0.827. The van der Waals surface area contributed by atoms with Gasteiger partial charge in [0.15, 0.2) is 0 Å². The number of anilines is 4. The maximum atomic E-state index is 8.88. The number of imidazole rings is 1. The van der Waals surface area contributed by atoms with Crippen LogP contribution >= 0.6 is 0 Å². The summed E-state index contributed by atoms with van der Waals surface area (Å²) >= 11 is 0. The molecule has 11 aliphatic heterocycles. The number of nitrogen functional groups attached to an aromatic ring is 1. The Labute approximate surface area is 853 Å². The van der Waals surface area contributed by atoms with Crippen LogP contribution in [0.2, 0.25) is 0 Å². The second-order valence-corrected chi connectivity index (χ2v) is 43.0. The summed E-state index contributed by atoms with van der Waals surface area (Å²) in [5.74, 6) is 7.06. The summed E-state index contributed by atoms with van der Waals surface area (Å²) in [6.07, 6.45) is 35.8. The molecule has 11 aliphatic rings. The fourth-order valence-electron chi connectivity index (χ4n) is 20.7. The molecular weight excluding hydrogens is 1750 g/mol. The Morgan fingerprint density at radius 2 is 0.700 bits per heavy atom. The number of likely N-dealkylation sites (N-methyl/N-ethyl adjacent to an activating group) is 1. The molecule has 0 unspecified atom stereocenters. The standard InChI is InChI=1S/C15H30N2.C13H21NO.C12H17NO.2C11H22N2.C11H17NO3.C10H10N2O.C10H20N2.C9H13NO.C8H18N2.C5H12N2/c1-15(2,3)13-5-11-17(12-6-13)14-7-9-16(4)10-8-14;1-8(2)11-6-10(15-5)7-12(9(3)4)13(11)14;1-14-12-7-5-11(6-8-12)13-9-3-2-4-10-13;2*1-12-9-5-11(6-10-12)13-7-3-2-4-8-13;1-15-11-4-2-10(3-5-11)12(6-8-13)7-9-14;1-13-9-4-2-8(3-5-9)10-11-6-7-12-10;1-11-8-4-10(5-9-11)12-6-2-3-7-12;1-10(2)8-4-6-9(11-3)7-5-8;1-9(2)8-4-6-10(3)7-5-8;1-7-4-2-6-3-5-7/h13-14H,5-12H2,1-4H3;6-9H,14H2,1-5H3;5-8H,2-4,9-10H2,1H3;2*11H,2-10H2,1H3;2-5,13-14H,6-9H2,1H3;2-7H,1H3,(H,11,12);10H,2-9H2,1H3;4-7H,1-3H3;8H,4-7H2,1-3H3;6H,2-5H2,1H3. The molecule has 1 aromatic heterocycles. The monoisotopic (exact) mass is 1950 g/mol. The van der Waals surface area contributed by atoms with E-state index in [9.17, 15) is 0 Å².